The first-order valence-corrected chi connectivity index (χ1v) is 7.04. The van der Waals surface area contributed by atoms with Crippen LogP contribution in [0.5, 0.6) is 0 Å². The third-order valence-electron chi connectivity index (χ3n) is 3.54. The van der Waals surface area contributed by atoms with Gasteiger partial charge < -0.3 is 9.47 Å². The van der Waals surface area contributed by atoms with Gasteiger partial charge in [0, 0.05) is 0 Å². The largest absolute Gasteiger partial charge is 0.478 e. The lowest BCUT2D eigenvalue weighted by Gasteiger charge is -2.17. The minimum atomic E-state index is -4.32. The molecule has 0 radical (unpaired) electrons. The van der Waals surface area contributed by atoms with Crippen LogP contribution < -0.4 is 0 Å². The summed E-state index contributed by atoms with van der Waals surface area (Å²) in [5.74, 6) is 0.850. The van der Waals surface area contributed by atoms with Crippen molar-refractivity contribution in [2.45, 2.75) is 12.6 Å². The lowest BCUT2D eigenvalue weighted by molar-refractivity contribution is -0.137. The molecule has 2 aliphatic heterocycles. The van der Waals surface area contributed by atoms with Crippen LogP contribution in [-0.4, -0.2) is 38.1 Å². The van der Waals surface area contributed by atoms with Gasteiger partial charge in [-0.25, -0.2) is 0 Å². The smallest absolute Gasteiger partial charge is 0.416 e. The highest BCUT2D eigenvalue weighted by atomic mass is 19.4. The Bertz CT molecular complexity index is 570. The van der Waals surface area contributed by atoms with E-state index in [0.717, 1.165) is 17.7 Å². The van der Waals surface area contributed by atoms with Crippen LogP contribution in [0.4, 0.5) is 13.2 Å². The van der Waals surface area contributed by atoms with Crippen LogP contribution in [0.15, 0.2) is 34.3 Å². The van der Waals surface area contributed by atoms with Crippen molar-refractivity contribution in [2.24, 2.45) is 15.9 Å². The van der Waals surface area contributed by atoms with E-state index in [9.17, 15) is 13.2 Å². The van der Waals surface area contributed by atoms with Crippen LogP contribution in [-0.2, 0) is 22.1 Å². The first kappa shape index (κ1) is 14.9. The molecule has 2 heterocycles. The average Bonchev–Trinajstić information content (AvgIpc) is 3.18. The van der Waals surface area contributed by atoms with E-state index in [1.807, 2.05) is 0 Å². The minimum absolute atomic E-state index is 0.262. The fourth-order valence-corrected chi connectivity index (χ4v) is 2.47. The summed E-state index contributed by atoms with van der Waals surface area (Å²) in [5, 5.41) is 0. The molecule has 7 heteroatoms. The Morgan fingerprint density at radius 1 is 0.955 bits per heavy atom. The minimum Gasteiger partial charge on any atom is -0.478 e. The van der Waals surface area contributed by atoms with Crippen molar-refractivity contribution in [1.82, 2.24) is 0 Å². The molecule has 1 aromatic rings. The second-order valence-corrected chi connectivity index (χ2v) is 5.09. The third-order valence-corrected chi connectivity index (χ3v) is 3.54. The Hall–Kier alpha value is -2.05. The SMILES string of the molecule is FC(F)(F)c1ccc(CC(C2=NCCO2)C2=NCCO2)cc1. The zero-order valence-corrected chi connectivity index (χ0v) is 11.8. The fraction of sp³-hybridized carbons (Fsp3) is 0.467. The molecule has 118 valence electrons. The quantitative estimate of drug-likeness (QED) is 0.858. The highest BCUT2D eigenvalue weighted by molar-refractivity contribution is 6.01. The van der Waals surface area contributed by atoms with Gasteiger partial charge in [-0.3, -0.25) is 9.98 Å². The predicted molar refractivity (Wildman–Crippen MR) is 75.1 cm³/mol. The first-order valence-electron chi connectivity index (χ1n) is 7.04. The van der Waals surface area contributed by atoms with E-state index in [4.69, 9.17) is 9.47 Å². The van der Waals surface area contributed by atoms with Crippen molar-refractivity contribution in [1.29, 1.82) is 0 Å². The summed E-state index contributed by atoms with van der Waals surface area (Å²) in [6, 6.07) is 5.11. The second kappa shape index (κ2) is 5.98. The molecule has 3 rings (SSSR count). The van der Waals surface area contributed by atoms with Gasteiger partial charge in [-0.05, 0) is 24.1 Å². The normalized spacial score (nSPS) is 18.0. The first-order chi connectivity index (χ1) is 10.5. The number of rotatable bonds is 4. The maximum atomic E-state index is 12.6. The standard InChI is InChI=1S/C15H15F3N2O2/c16-15(17,18)11-3-1-10(2-4-11)9-12(13-19-5-7-21-13)14-20-6-8-22-14/h1-4,12H,5-9H2. The van der Waals surface area contributed by atoms with E-state index in [2.05, 4.69) is 9.98 Å². The fourth-order valence-electron chi connectivity index (χ4n) is 2.47. The molecule has 0 unspecified atom stereocenters. The molecular formula is C15H15F3N2O2. The molecular weight excluding hydrogens is 297 g/mol. The molecule has 0 aliphatic carbocycles. The molecule has 1 aromatic carbocycles. The van der Waals surface area contributed by atoms with Gasteiger partial charge in [0.25, 0.3) is 0 Å². The van der Waals surface area contributed by atoms with E-state index in [0.29, 0.717) is 44.5 Å². The van der Waals surface area contributed by atoms with E-state index < -0.39 is 11.7 Å². The van der Waals surface area contributed by atoms with Gasteiger partial charge in [-0.2, -0.15) is 13.2 Å². The molecule has 0 aromatic heterocycles. The van der Waals surface area contributed by atoms with E-state index in [1.165, 1.54) is 12.1 Å². The van der Waals surface area contributed by atoms with Crippen molar-refractivity contribution in [3.63, 3.8) is 0 Å². The Kier molecular flexibility index (Phi) is 4.04. The number of hydrogen-bond donors (Lipinski definition) is 0. The van der Waals surface area contributed by atoms with Gasteiger partial charge in [0.1, 0.15) is 19.1 Å². The molecule has 2 aliphatic rings. The molecule has 4 nitrogen and oxygen atoms in total. The Balaban J connectivity index is 1.78. The highest BCUT2D eigenvalue weighted by Crippen LogP contribution is 2.29. The van der Waals surface area contributed by atoms with Gasteiger partial charge in [0.2, 0.25) is 0 Å². The zero-order valence-electron chi connectivity index (χ0n) is 11.8. The molecule has 0 atom stereocenters. The maximum Gasteiger partial charge on any atom is 0.416 e. The number of ether oxygens (including phenoxy) is 2. The Morgan fingerprint density at radius 2 is 1.50 bits per heavy atom. The summed E-state index contributed by atoms with van der Waals surface area (Å²) in [4.78, 5) is 8.57. The van der Waals surface area contributed by atoms with Crippen LogP contribution in [0.2, 0.25) is 0 Å². The van der Waals surface area contributed by atoms with Gasteiger partial charge in [-0.1, -0.05) is 12.1 Å². The lowest BCUT2D eigenvalue weighted by Crippen LogP contribution is -2.27. The van der Waals surface area contributed by atoms with E-state index in [1.54, 1.807) is 0 Å². The predicted octanol–water partition coefficient (Wildman–Crippen LogP) is 2.72. The Morgan fingerprint density at radius 3 is 1.91 bits per heavy atom. The summed E-state index contributed by atoms with van der Waals surface area (Å²) in [6.45, 7) is 2.22. The summed E-state index contributed by atoms with van der Waals surface area (Å²) in [5.41, 5.74) is 0.103. The summed E-state index contributed by atoms with van der Waals surface area (Å²) in [6.07, 6.45) is -3.87. The van der Waals surface area contributed by atoms with Crippen LogP contribution in [0.25, 0.3) is 0 Å². The van der Waals surface area contributed by atoms with E-state index in [-0.39, 0.29) is 5.92 Å². The molecule has 0 N–H and O–H groups in total. The lowest BCUT2D eigenvalue weighted by atomic mass is 9.98. The number of aliphatic imine (C=N–C) groups is 2. The summed E-state index contributed by atoms with van der Waals surface area (Å²) in [7, 11) is 0. The van der Waals surface area contributed by atoms with Crippen LogP contribution in [0, 0.1) is 5.92 Å². The van der Waals surface area contributed by atoms with Crippen LogP contribution in [0.1, 0.15) is 11.1 Å². The van der Waals surface area contributed by atoms with Crippen molar-refractivity contribution in [3.8, 4) is 0 Å². The number of alkyl halides is 3. The maximum absolute atomic E-state index is 12.6. The van der Waals surface area contributed by atoms with Gasteiger partial charge in [0.15, 0.2) is 11.8 Å². The van der Waals surface area contributed by atoms with E-state index >= 15 is 0 Å². The molecule has 0 fully saturated rings. The molecule has 0 bridgehead atoms. The van der Waals surface area contributed by atoms with Crippen LogP contribution >= 0.6 is 0 Å². The third kappa shape index (κ3) is 3.23. The molecule has 22 heavy (non-hydrogen) atoms. The van der Waals surface area contributed by atoms with Crippen molar-refractivity contribution in [3.05, 3.63) is 35.4 Å². The van der Waals surface area contributed by atoms with Gasteiger partial charge in [-0.15, -0.1) is 0 Å². The summed E-state index contributed by atoms with van der Waals surface area (Å²) >= 11 is 0. The van der Waals surface area contributed by atoms with Crippen molar-refractivity contribution in [2.75, 3.05) is 26.3 Å². The van der Waals surface area contributed by atoms with Gasteiger partial charge >= 0.3 is 6.18 Å². The van der Waals surface area contributed by atoms with Crippen LogP contribution in [0.3, 0.4) is 0 Å². The van der Waals surface area contributed by atoms with Gasteiger partial charge in [0.05, 0.1) is 18.7 Å². The summed E-state index contributed by atoms with van der Waals surface area (Å²) < 4.78 is 48.8. The average molecular weight is 312 g/mol. The number of hydrogen-bond acceptors (Lipinski definition) is 4. The zero-order chi connectivity index (χ0) is 15.6. The number of halogens is 3. The molecule has 0 saturated heterocycles. The van der Waals surface area contributed by atoms with Crippen molar-refractivity contribution < 1.29 is 22.6 Å². The topological polar surface area (TPSA) is 43.2 Å². The second-order valence-electron chi connectivity index (χ2n) is 5.09. The number of benzene rings is 1. The highest BCUT2D eigenvalue weighted by Gasteiger charge is 2.32. The number of nitrogens with zero attached hydrogens (tertiary/aromatic N) is 2. The molecule has 0 saturated carbocycles. The Labute approximate surface area is 125 Å². The monoisotopic (exact) mass is 312 g/mol. The molecule has 0 amide bonds. The molecule has 0 spiro atoms. The van der Waals surface area contributed by atoms with Crippen molar-refractivity contribution >= 4 is 11.8 Å².